The van der Waals surface area contributed by atoms with Gasteiger partial charge in [0.15, 0.2) is 0 Å². The van der Waals surface area contributed by atoms with Crippen molar-refractivity contribution in [3.8, 4) is 0 Å². The van der Waals surface area contributed by atoms with Crippen molar-refractivity contribution >= 4 is 27.5 Å². The van der Waals surface area contributed by atoms with Crippen LogP contribution >= 0.6 is 27.5 Å². The highest BCUT2D eigenvalue weighted by molar-refractivity contribution is 9.10. The highest BCUT2D eigenvalue weighted by Crippen LogP contribution is 2.33. The molecule has 1 aliphatic rings. The van der Waals surface area contributed by atoms with Gasteiger partial charge < -0.3 is 10.1 Å². The van der Waals surface area contributed by atoms with E-state index in [1.165, 1.54) is 11.6 Å². The van der Waals surface area contributed by atoms with Crippen LogP contribution in [-0.2, 0) is 18.0 Å². The number of ether oxygens (including phenoxy) is 1. The van der Waals surface area contributed by atoms with Crippen LogP contribution in [0.15, 0.2) is 34.8 Å². The molecule has 1 aliphatic heterocycles. The normalized spacial score (nSPS) is 15.0. The molecule has 0 bridgehead atoms. The first-order chi connectivity index (χ1) is 10.1. The second-order valence-corrected chi connectivity index (χ2v) is 6.29. The lowest BCUT2D eigenvalue weighted by molar-refractivity contribution is 0.134. The fourth-order valence-electron chi connectivity index (χ4n) is 2.63. The Labute approximate surface area is 136 Å². The second-order valence-electron chi connectivity index (χ2n) is 5.03. The van der Waals surface area contributed by atoms with Crippen LogP contribution in [0.5, 0.6) is 0 Å². The summed E-state index contributed by atoms with van der Waals surface area (Å²) in [7, 11) is 1.81. The van der Waals surface area contributed by atoms with Crippen molar-refractivity contribution in [2.75, 3.05) is 7.05 Å². The van der Waals surface area contributed by atoms with Crippen LogP contribution in [0.1, 0.15) is 28.3 Å². The molecule has 0 fully saturated rings. The molecule has 0 saturated heterocycles. The quantitative estimate of drug-likeness (QED) is 0.799. The molecule has 1 N–H and O–H groups in total. The Bertz CT molecular complexity index is 692. The zero-order chi connectivity index (χ0) is 15.0. The van der Waals surface area contributed by atoms with Crippen molar-refractivity contribution in [1.82, 2.24) is 5.32 Å². The van der Waals surface area contributed by atoms with Gasteiger partial charge in [0, 0.05) is 10.0 Å². The van der Waals surface area contributed by atoms with Crippen LogP contribution in [0.4, 0.5) is 4.39 Å². The van der Waals surface area contributed by atoms with Gasteiger partial charge in [0.1, 0.15) is 5.82 Å². The molecule has 0 aromatic heterocycles. The average Bonchev–Trinajstić information content (AvgIpc) is 2.92. The smallest absolute Gasteiger partial charge is 0.129 e. The lowest BCUT2D eigenvalue weighted by Crippen LogP contribution is -2.19. The van der Waals surface area contributed by atoms with Crippen molar-refractivity contribution in [3.63, 3.8) is 0 Å². The minimum absolute atomic E-state index is 0.249. The maximum atomic E-state index is 14.3. The topological polar surface area (TPSA) is 21.3 Å². The lowest BCUT2D eigenvalue weighted by Gasteiger charge is -2.19. The van der Waals surface area contributed by atoms with Crippen molar-refractivity contribution in [2.45, 2.75) is 19.3 Å². The van der Waals surface area contributed by atoms with Crippen molar-refractivity contribution in [3.05, 3.63) is 67.9 Å². The molecule has 110 valence electrons. The van der Waals surface area contributed by atoms with Gasteiger partial charge >= 0.3 is 0 Å². The molecular weight excluding hydrogens is 357 g/mol. The van der Waals surface area contributed by atoms with E-state index in [1.807, 2.05) is 19.2 Å². The van der Waals surface area contributed by atoms with Crippen LogP contribution in [-0.4, -0.2) is 7.05 Å². The summed E-state index contributed by atoms with van der Waals surface area (Å²) in [4.78, 5) is 0. The highest BCUT2D eigenvalue weighted by atomic mass is 79.9. The van der Waals surface area contributed by atoms with E-state index in [1.54, 1.807) is 6.07 Å². The van der Waals surface area contributed by atoms with E-state index >= 15 is 0 Å². The Hall–Kier alpha value is -0.940. The Balaban J connectivity index is 2.04. The van der Waals surface area contributed by atoms with E-state index in [2.05, 4.69) is 27.3 Å². The maximum absolute atomic E-state index is 14.3. The first-order valence-corrected chi connectivity index (χ1v) is 7.78. The molecule has 0 saturated carbocycles. The molecule has 0 amide bonds. The third-order valence-corrected chi connectivity index (χ3v) is 4.92. The van der Waals surface area contributed by atoms with Crippen molar-refractivity contribution < 1.29 is 9.13 Å². The number of hydrogen-bond acceptors (Lipinski definition) is 2. The number of rotatable bonds is 3. The summed E-state index contributed by atoms with van der Waals surface area (Å²) in [6.45, 7) is 1.27. The molecule has 0 spiro atoms. The zero-order valence-corrected chi connectivity index (χ0v) is 13.8. The van der Waals surface area contributed by atoms with Crippen molar-refractivity contribution in [2.24, 2.45) is 0 Å². The van der Waals surface area contributed by atoms with Crippen LogP contribution < -0.4 is 5.32 Å². The third-order valence-electron chi connectivity index (χ3n) is 3.72. The van der Waals surface area contributed by atoms with E-state index in [9.17, 15) is 4.39 Å². The number of benzene rings is 2. The predicted octanol–water partition coefficient (Wildman–Crippen LogP) is 4.58. The molecular formula is C16H14BrClFNO. The molecule has 2 nitrogen and oxygen atoms in total. The van der Waals surface area contributed by atoms with E-state index < -0.39 is 0 Å². The summed E-state index contributed by atoms with van der Waals surface area (Å²) in [6, 6.07) is 8.93. The van der Waals surface area contributed by atoms with Gasteiger partial charge in [-0.2, -0.15) is 0 Å². The number of fused-ring (bicyclic) bond motifs is 1. The first-order valence-electron chi connectivity index (χ1n) is 6.61. The van der Waals surface area contributed by atoms with E-state index in [4.69, 9.17) is 16.3 Å². The molecule has 1 unspecified atom stereocenters. The highest BCUT2D eigenvalue weighted by Gasteiger charge is 2.20. The second kappa shape index (κ2) is 6.05. The molecule has 1 atom stereocenters. The van der Waals surface area contributed by atoms with Crippen LogP contribution in [0.2, 0.25) is 5.02 Å². The minimum Gasteiger partial charge on any atom is -0.372 e. The molecule has 3 rings (SSSR count). The van der Waals surface area contributed by atoms with E-state index in [0.717, 1.165) is 11.1 Å². The summed E-state index contributed by atoms with van der Waals surface area (Å²) in [5, 5.41) is 3.65. The third kappa shape index (κ3) is 2.86. The monoisotopic (exact) mass is 369 g/mol. The SMILES string of the molecule is CNC(c1ccc2c(c1)COC2)c1cc(Cl)c(Br)cc1F. The van der Waals surface area contributed by atoms with E-state index in [0.29, 0.717) is 28.3 Å². The Morgan fingerprint density at radius 3 is 2.76 bits per heavy atom. The summed E-state index contributed by atoms with van der Waals surface area (Å²) in [6.07, 6.45) is 0. The van der Waals surface area contributed by atoms with Gasteiger partial charge in [-0.1, -0.05) is 29.8 Å². The molecule has 0 aliphatic carbocycles. The Morgan fingerprint density at radius 1 is 1.24 bits per heavy atom. The number of halogens is 3. The summed E-state index contributed by atoms with van der Waals surface area (Å²) >= 11 is 9.35. The first kappa shape index (κ1) is 15.0. The van der Waals surface area contributed by atoms with Gasteiger partial charge in [-0.05, 0) is 51.8 Å². The van der Waals surface area contributed by atoms with Gasteiger partial charge in [-0.15, -0.1) is 0 Å². The summed E-state index contributed by atoms with van der Waals surface area (Å²) in [5.74, 6) is -0.289. The molecule has 21 heavy (non-hydrogen) atoms. The fraction of sp³-hybridized carbons (Fsp3) is 0.250. The van der Waals surface area contributed by atoms with Crippen LogP contribution in [0, 0.1) is 5.82 Å². The van der Waals surface area contributed by atoms with Crippen LogP contribution in [0.3, 0.4) is 0 Å². The molecule has 1 heterocycles. The summed E-state index contributed by atoms with van der Waals surface area (Å²) in [5.41, 5.74) is 3.89. The predicted molar refractivity (Wildman–Crippen MR) is 84.9 cm³/mol. The van der Waals surface area contributed by atoms with Gasteiger partial charge in [-0.25, -0.2) is 4.39 Å². The summed E-state index contributed by atoms with van der Waals surface area (Å²) < 4.78 is 20.3. The van der Waals surface area contributed by atoms with Gasteiger partial charge in [0.2, 0.25) is 0 Å². The average molecular weight is 371 g/mol. The Morgan fingerprint density at radius 2 is 2.00 bits per heavy atom. The van der Waals surface area contributed by atoms with Gasteiger partial charge in [0.05, 0.1) is 24.3 Å². The number of hydrogen-bond donors (Lipinski definition) is 1. The molecule has 5 heteroatoms. The van der Waals surface area contributed by atoms with Crippen molar-refractivity contribution in [1.29, 1.82) is 0 Å². The largest absolute Gasteiger partial charge is 0.372 e. The number of nitrogens with one attached hydrogen (secondary N) is 1. The standard InChI is InChI=1S/C16H14BrClFNO/c1-20-16(12-5-14(18)13(17)6-15(12)19)9-2-3-10-7-21-8-11(10)4-9/h2-6,16,20H,7-8H2,1H3. The maximum Gasteiger partial charge on any atom is 0.129 e. The minimum atomic E-state index is -0.289. The Kier molecular flexibility index (Phi) is 4.31. The van der Waals surface area contributed by atoms with Crippen LogP contribution in [0.25, 0.3) is 0 Å². The molecule has 0 radical (unpaired) electrons. The molecule has 2 aromatic rings. The van der Waals surface area contributed by atoms with E-state index in [-0.39, 0.29) is 11.9 Å². The lowest BCUT2D eigenvalue weighted by atomic mass is 9.95. The molecule has 2 aromatic carbocycles. The fourth-order valence-corrected chi connectivity index (χ4v) is 3.12. The van der Waals surface area contributed by atoms with Gasteiger partial charge in [0.25, 0.3) is 0 Å². The zero-order valence-electron chi connectivity index (χ0n) is 11.4. The van der Waals surface area contributed by atoms with Gasteiger partial charge in [-0.3, -0.25) is 0 Å².